The van der Waals surface area contributed by atoms with Crippen molar-refractivity contribution in [1.82, 2.24) is 0 Å². The molecule has 1 fully saturated rings. The van der Waals surface area contributed by atoms with Gasteiger partial charge in [-0.15, -0.1) is 0 Å². The van der Waals surface area contributed by atoms with Gasteiger partial charge in [0.25, 0.3) is 0 Å². The highest BCUT2D eigenvalue weighted by Crippen LogP contribution is 2.60. The van der Waals surface area contributed by atoms with Crippen molar-refractivity contribution in [2.75, 3.05) is 0 Å². The van der Waals surface area contributed by atoms with Gasteiger partial charge in [-0.25, -0.2) is 17.2 Å². The first-order chi connectivity index (χ1) is 16.9. The highest BCUT2D eigenvalue weighted by Gasteiger charge is 2.60. The van der Waals surface area contributed by atoms with E-state index in [1.807, 2.05) is 0 Å². The van der Waals surface area contributed by atoms with Crippen molar-refractivity contribution in [1.29, 1.82) is 0 Å². The fraction of sp³-hybridized carbons (Fsp3) is 0.480. The molecule has 2 aromatic carbocycles. The Hall–Kier alpha value is -2.29. The van der Waals surface area contributed by atoms with Gasteiger partial charge in [-0.1, -0.05) is 18.2 Å². The van der Waals surface area contributed by atoms with Gasteiger partial charge in [-0.05, 0) is 92.3 Å². The number of fused-ring (bicyclic) bond motifs is 3. The highest BCUT2D eigenvalue weighted by molar-refractivity contribution is 7.92. The molecular weight excluding hydrogens is 475 g/mol. The van der Waals surface area contributed by atoms with E-state index >= 15 is 0 Å². The largest absolute Gasteiger partial charge is 0.426 e. The molecule has 4 rings (SSSR count). The van der Waals surface area contributed by atoms with Crippen LogP contribution in [-0.4, -0.2) is 20.4 Å². The maximum atomic E-state index is 14.7. The van der Waals surface area contributed by atoms with Crippen LogP contribution in [0.15, 0.2) is 47.4 Å². The molecule has 2 aromatic rings. The molecule has 184 valence electrons. The van der Waals surface area contributed by atoms with Crippen LogP contribution >= 0.6 is 0 Å². The lowest BCUT2D eigenvalue weighted by Crippen LogP contribution is -2.45. The van der Waals surface area contributed by atoms with E-state index in [4.69, 9.17) is 4.11 Å². The minimum atomic E-state index is -5.19. The Labute approximate surface area is 199 Å². The number of ketones is 1. The predicted molar refractivity (Wildman–Crippen MR) is 116 cm³/mol. The zero-order chi connectivity index (χ0) is 27.6. The monoisotopic (exact) mass is 503 g/mol. The van der Waals surface area contributed by atoms with Crippen molar-refractivity contribution < 1.29 is 39.3 Å². The van der Waals surface area contributed by atoms with Crippen molar-refractivity contribution in [3.05, 3.63) is 65.0 Å². The third kappa shape index (κ3) is 3.67. The van der Waals surface area contributed by atoms with Gasteiger partial charge in [0.05, 0.1) is 4.90 Å². The zero-order valence-corrected chi connectivity index (χ0v) is 19.1. The van der Waals surface area contributed by atoms with Gasteiger partial charge in [-0.3, -0.25) is 0 Å². The summed E-state index contributed by atoms with van der Waals surface area (Å²) in [5, 5.41) is 0. The summed E-state index contributed by atoms with van der Waals surface area (Å²) in [5.41, 5.74) is -3.86. The Kier molecular flexibility index (Phi) is 5.03. The van der Waals surface area contributed by atoms with E-state index in [0.717, 1.165) is 36.4 Å². The summed E-state index contributed by atoms with van der Waals surface area (Å²) in [5.74, 6) is -2.97. The molecule has 0 aromatic heterocycles. The average molecular weight is 504 g/mol. The van der Waals surface area contributed by atoms with E-state index < -0.39 is 62.3 Å². The van der Waals surface area contributed by atoms with Crippen molar-refractivity contribution in [3.8, 4) is 0 Å². The van der Waals surface area contributed by atoms with E-state index in [9.17, 15) is 35.2 Å². The predicted octanol–water partition coefficient (Wildman–Crippen LogP) is 6.19. The van der Waals surface area contributed by atoms with Gasteiger partial charge < -0.3 is 4.79 Å². The lowest BCUT2D eigenvalue weighted by Gasteiger charge is -2.42. The number of carbonyl (C=O) groups excluding carboxylic acids is 1. The van der Waals surface area contributed by atoms with Gasteiger partial charge in [0.1, 0.15) is 16.3 Å². The first-order valence-corrected chi connectivity index (χ1v) is 12.3. The van der Waals surface area contributed by atoms with Gasteiger partial charge in [-0.2, -0.15) is 13.2 Å². The van der Waals surface area contributed by atoms with Gasteiger partial charge >= 0.3 is 6.18 Å². The van der Waals surface area contributed by atoms with Crippen LogP contribution in [-0.2, 0) is 31.5 Å². The molecule has 0 bridgehead atoms. The van der Waals surface area contributed by atoms with Crippen LogP contribution in [0, 0.1) is 17.7 Å². The number of sulfone groups is 1. The molecule has 0 heterocycles. The number of halogens is 5. The molecule has 1 unspecified atom stereocenters. The summed E-state index contributed by atoms with van der Waals surface area (Å²) in [6.45, 7) is -2.46. The number of hydrogen-bond acceptors (Lipinski definition) is 3. The normalized spacial score (nSPS) is 28.1. The smallest absolute Gasteiger partial charge is 0.300 e. The fourth-order valence-electron chi connectivity index (χ4n) is 5.74. The highest BCUT2D eigenvalue weighted by atomic mass is 32.2. The molecule has 9 heteroatoms. The summed E-state index contributed by atoms with van der Waals surface area (Å²) in [4.78, 5) is 12.1. The second kappa shape index (κ2) is 8.14. The maximum absolute atomic E-state index is 14.7. The van der Waals surface area contributed by atoms with Gasteiger partial charge in [0, 0.05) is 10.5 Å². The van der Waals surface area contributed by atoms with Gasteiger partial charge in [0.15, 0.2) is 9.84 Å². The number of benzene rings is 2. The molecule has 3 nitrogen and oxygen atoms in total. The van der Waals surface area contributed by atoms with Crippen LogP contribution in [0.2, 0.25) is 0 Å². The quantitative estimate of drug-likeness (QED) is 0.361. The molecule has 1 saturated carbocycles. The van der Waals surface area contributed by atoms with Crippen LogP contribution in [0.4, 0.5) is 22.0 Å². The summed E-state index contributed by atoms with van der Waals surface area (Å²) >= 11 is 0. The molecule has 0 N–H and O–H groups in total. The number of Topliss-reactive ketones (excluding diaryl/α,β-unsaturated/α-hetero) is 1. The van der Waals surface area contributed by atoms with Crippen LogP contribution in [0.5, 0.6) is 0 Å². The molecule has 2 aliphatic rings. The first kappa shape index (κ1) is 21.0. The zero-order valence-electron chi connectivity index (χ0n) is 21.3. The molecule has 2 aliphatic carbocycles. The van der Waals surface area contributed by atoms with Crippen LogP contribution in [0.25, 0.3) is 0 Å². The Morgan fingerprint density at radius 3 is 2.41 bits per heavy atom. The first-order valence-electron chi connectivity index (χ1n) is 12.4. The molecule has 0 radical (unpaired) electrons. The molecule has 4 atom stereocenters. The van der Waals surface area contributed by atoms with Crippen molar-refractivity contribution >= 4 is 15.6 Å². The lowest BCUT2D eigenvalue weighted by molar-refractivity contribution is -0.228. The third-order valence-corrected chi connectivity index (χ3v) is 10.0. The summed E-state index contributed by atoms with van der Waals surface area (Å²) in [7, 11) is -4.31. The lowest BCUT2D eigenvalue weighted by atomic mass is 9.72. The second-order valence-corrected chi connectivity index (χ2v) is 11.5. The van der Waals surface area contributed by atoms with Crippen molar-refractivity contribution in [2.45, 2.75) is 67.4 Å². The average Bonchev–Trinajstić information content (AvgIpc) is 3.18. The number of alkyl halides is 4. The van der Waals surface area contributed by atoms with Crippen molar-refractivity contribution in [3.63, 3.8) is 0 Å². The Morgan fingerprint density at radius 2 is 1.79 bits per heavy atom. The Morgan fingerprint density at radius 1 is 1.12 bits per heavy atom. The topological polar surface area (TPSA) is 51.2 Å². The van der Waals surface area contributed by atoms with Crippen LogP contribution < -0.4 is 0 Å². The molecule has 0 saturated heterocycles. The summed E-state index contributed by atoms with van der Waals surface area (Å²) in [6, 6.07) is 7.33. The second-order valence-electron chi connectivity index (χ2n) is 9.29. The van der Waals surface area contributed by atoms with E-state index in [1.54, 1.807) is 0 Å². The number of aryl methyl sites for hydroxylation is 1. The third-order valence-electron chi connectivity index (χ3n) is 7.47. The summed E-state index contributed by atoms with van der Waals surface area (Å²) < 4.78 is 117. The minimum Gasteiger partial charge on any atom is -0.300 e. The summed E-state index contributed by atoms with van der Waals surface area (Å²) in [6.07, 6.45) is -5.12. The van der Waals surface area contributed by atoms with Crippen LogP contribution in [0.3, 0.4) is 0 Å². The molecule has 0 aliphatic heterocycles. The van der Waals surface area contributed by atoms with E-state index in [0.29, 0.717) is 6.92 Å². The minimum absolute atomic E-state index is 0.0190. The number of hydrogen-bond donors (Lipinski definition) is 0. The number of carbonyl (C=O) groups is 1. The SMILES string of the molecule is [2H]C([2H])([2H])C(=O)C[C@@H]1CC[C@@]2(S(=O)(=O)c3ccc(F)cc3)c3ccc(C(C)(F)C(F)(F)F)cc3CC[C@@H]12. The van der Waals surface area contributed by atoms with E-state index in [-0.39, 0.29) is 48.1 Å². The van der Waals surface area contributed by atoms with Crippen LogP contribution in [0.1, 0.15) is 60.3 Å². The number of rotatable bonds is 5. The van der Waals surface area contributed by atoms with E-state index in [1.165, 1.54) is 6.07 Å². The van der Waals surface area contributed by atoms with E-state index in [2.05, 4.69) is 0 Å². The van der Waals surface area contributed by atoms with Gasteiger partial charge in [0.2, 0.25) is 5.67 Å². The molecule has 0 spiro atoms. The molecule has 0 amide bonds. The van der Waals surface area contributed by atoms with Crippen molar-refractivity contribution in [2.24, 2.45) is 11.8 Å². The Bertz CT molecular complexity index is 1320. The maximum Gasteiger partial charge on any atom is 0.426 e. The molecular formula is C25H25F5O3S. The fourth-order valence-corrected chi connectivity index (χ4v) is 8.23. The standard InChI is InChI=1S/C25H25F5O3S/c1-15(31)13-17-11-12-24(34(32,33)20-7-5-19(26)6-8-20)21(17)9-3-16-14-18(4-10-22(16)24)23(2,27)25(28,29)30/h4-8,10,14,17,21H,3,9,11-13H2,1-2H3/t17-,21-,23?,24-/m0/s1/i1D3. The Balaban J connectivity index is 1.89. The molecule has 34 heavy (non-hydrogen) atoms.